The van der Waals surface area contributed by atoms with Gasteiger partial charge in [-0.2, -0.15) is 13.2 Å². The summed E-state index contributed by atoms with van der Waals surface area (Å²) in [6.07, 6.45) is -4.62. The molecule has 3 rings (SSSR count). The molecule has 1 aromatic carbocycles. The molecule has 1 aliphatic rings. The molecule has 2 atom stereocenters. The number of carbonyl (C=O) groups is 2. The second-order valence-electron chi connectivity index (χ2n) is 6.01. The van der Waals surface area contributed by atoms with E-state index in [9.17, 15) is 22.8 Å². The summed E-state index contributed by atoms with van der Waals surface area (Å²) in [5.74, 6) is -5.10. The van der Waals surface area contributed by atoms with Crippen LogP contribution in [0.15, 0.2) is 40.8 Å². The van der Waals surface area contributed by atoms with E-state index in [-0.39, 0.29) is 5.76 Å². The monoisotopic (exact) mass is 386 g/mol. The van der Waals surface area contributed by atoms with Crippen LogP contribution in [-0.4, -0.2) is 36.0 Å². The maximum atomic E-state index is 13.1. The Labute approximate surface area is 151 Å². The van der Waals surface area contributed by atoms with Crippen molar-refractivity contribution in [3.63, 3.8) is 0 Å². The van der Waals surface area contributed by atoms with E-state index in [1.54, 1.807) is 24.3 Å². The molecule has 2 aromatic rings. The fourth-order valence-electron chi connectivity index (χ4n) is 3.00. The molecule has 1 saturated heterocycles. The number of hydrogen-bond donors (Lipinski definition) is 1. The number of likely N-dealkylation sites (tertiary alicyclic amines) is 1. The molecule has 1 fully saturated rings. The van der Waals surface area contributed by atoms with E-state index in [4.69, 9.17) is 21.8 Å². The average molecular weight is 387 g/mol. The lowest BCUT2D eigenvalue weighted by atomic mass is 9.95. The number of alkyl halides is 3. The van der Waals surface area contributed by atoms with E-state index in [1.807, 2.05) is 0 Å². The molecular formula is C17H14ClF3N2O3. The maximum Gasteiger partial charge on any atom is 0.394 e. The van der Waals surface area contributed by atoms with Crippen LogP contribution < -0.4 is 5.73 Å². The van der Waals surface area contributed by atoms with Crippen LogP contribution in [0.4, 0.5) is 13.2 Å². The van der Waals surface area contributed by atoms with Gasteiger partial charge in [0.15, 0.2) is 5.76 Å². The Hall–Kier alpha value is -2.48. The molecule has 0 spiro atoms. The third-order valence-electron chi connectivity index (χ3n) is 4.35. The number of carbonyl (C=O) groups excluding carboxylic acids is 2. The summed E-state index contributed by atoms with van der Waals surface area (Å²) in [6, 6.07) is 9.67. The normalized spacial score (nSPS) is 20.4. The standard InChI is InChI=1S/C17H14ClF3N2O3/c18-12-4-2-1-3-9(12)13-5-6-14(26-13)16(25)23-7-10(15(22)24)11(8-23)17(19,20)21/h1-6,10-11H,7-8H2,(H2,22,24)/t10-,11-/m1/s1. The summed E-state index contributed by atoms with van der Waals surface area (Å²) in [6.45, 7) is -1.04. The molecule has 0 unspecified atom stereocenters. The molecule has 9 heteroatoms. The van der Waals surface area contributed by atoms with Gasteiger partial charge in [-0.05, 0) is 24.3 Å². The zero-order chi connectivity index (χ0) is 19.1. The maximum absolute atomic E-state index is 13.1. The van der Waals surface area contributed by atoms with Crippen LogP contribution in [0.25, 0.3) is 11.3 Å². The fourth-order valence-corrected chi connectivity index (χ4v) is 3.23. The van der Waals surface area contributed by atoms with Crippen LogP contribution >= 0.6 is 11.6 Å². The minimum Gasteiger partial charge on any atom is -0.451 e. The van der Waals surface area contributed by atoms with E-state index in [1.165, 1.54) is 12.1 Å². The van der Waals surface area contributed by atoms with Crippen molar-refractivity contribution in [2.45, 2.75) is 6.18 Å². The van der Waals surface area contributed by atoms with Gasteiger partial charge in [-0.1, -0.05) is 23.7 Å². The van der Waals surface area contributed by atoms with Gasteiger partial charge >= 0.3 is 6.18 Å². The minimum absolute atomic E-state index is 0.133. The predicted molar refractivity (Wildman–Crippen MR) is 87.3 cm³/mol. The Morgan fingerprint density at radius 1 is 1.15 bits per heavy atom. The van der Waals surface area contributed by atoms with Crippen LogP contribution in [-0.2, 0) is 4.79 Å². The number of amides is 2. The third-order valence-corrected chi connectivity index (χ3v) is 4.68. The number of benzene rings is 1. The molecule has 138 valence electrons. The van der Waals surface area contributed by atoms with Crippen LogP contribution in [0, 0.1) is 11.8 Å². The molecule has 0 aliphatic carbocycles. The zero-order valence-electron chi connectivity index (χ0n) is 13.3. The van der Waals surface area contributed by atoms with Gasteiger partial charge in [0.25, 0.3) is 5.91 Å². The van der Waals surface area contributed by atoms with Crippen LogP contribution in [0.5, 0.6) is 0 Å². The number of rotatable bonds is 3. The van der Waals surface area contributed by atoms with E-state index in [2.05, 4.69) is 0 Å². The SMILES string of the molecule is NC(=O)[C@@H]1CN(C(=O)c2ccc(-c3ccccc3Cl)o2)C[C@H]1C(F)(F)F. The lowest BCUT2D eigenvalue weighted by Crippen LogP contribution is -2.37. The average Bonchev–Trinajstić information content (AvgIpc) is 3.22. The zero-order valence-corrected chi connectivity index (χ0v) is 14.1. The number of hydrogen-bond acceptors (Lipinski definition) is 3. The van der Waals surface area contributed by atoms with E-state index < -0.39 is 42.9 Å². The molecule has 0 radical (unpaired) electrons. The Bertz CT molecular complexity index is 850. The van der Waals surface area contributed by atoms with Gasteiger partial charge < -0.3 is 15.1 Å². The van der Waals surface area contributed by atoms with Gasteiger partial charge in [-0.15, -0.1) is 0 Å². The number of primary amides is 1. The second-order valence-corrected chi connectivity index (χ2v) is 6.42. The van der Waals surface area contributed by atoms with E-state index >= 15 is 0 Å². The molecule has 2 heterocycles. The van der Waals surface area contributed by atoms with Crippen LogP contribution in [0.1, 0.15) is 10.6 Å². The van der Waals surface area contributed by atoms with Crippen molar-refractivity contribution in [2.75, 3.05) is 13.1 Å². The molecule has 5 nitrogen and oxygen atoms in total. The number of halogens is 4. The first-order valence-electron chi connectivity index (χ1n) is 7.68. The fraction of sp³-hybridized carbons (Fsp3) is 0.294. The summed E-state index contributed by atoms with van der Waals surface area (Å²) in [4.78, 5) is 24.8. The first kappa shape index (κ1) is 18.3. The Morgan fingerprint density at radius 3 is 2.42 bits per heavy atom. The minimum atomic E-state index is -4.62. The van der Waals surface area contributed by atoms with Gasteiger partial charge in [0.05, 0.1) is 16.9 Å². The molecular weight excluding hydrogens is 373 g/mol. The van der Waals surface area contributed by atoms with Gasteiger partial charge in [0.2, 0.25) is 5.91 Å². The quantitative estimate of drug-likeness (QED) is 0.879. The summed E-state index contributed by atoms with van der Waals surface area (Å²) >= 11 is 6.07. The van der Waals surface area contributed by atoms with Crippen molar-refractivity contribution in [3.05, 3.63) is 47.2 Å². The van der Waals surface area contributed by atoms with Crippen molar-refractivity contribution in [1.82, 2.24) is 4.90 Å². The Morgan fingerprint density at radius 2 is 1.85 bits per heavy atom. The first-order chi connectivity index (χ1) is 12.2. The van der Waals surface area contributed by atoms with Crippen molar-refractivity contribution >= 4 is 23.4 Å². The van der Waals surface area contributed by atoms with Gasteiger partial charge in [-0.25, -0.2) is 0 Å². The van der Waals surface area contributed by atoms with Crippen molar-refractivity contribution in [3.8, 4) is 11.3 Å². The van der Waals surface area contributed by atoms with Crippen LogP contribution in [0.3, 0.4) is 0 Å². The molecule has 2 amide bonds. The number of nitrogens with zero attached hydrogens (tertiary/aromatic N) is 1. The third kappa shape index (κ3) is 3.41. The molecule has 26 heavy (non-hydrogen) atoms. The summed E-state index contributed by atoms with van der Waals surface area (Å²) < 4.78 is 44.8. The smallest absolute Gasteiger partial charge is 0.394 e. The van der Waals surface area contributed by atoms with Crippen molar-refractivity contribution in [1.29, 1.82) is 0 Å². The lowest BCUT2D eigenvalue weighted by molar-refractivity contribution is -0.182. The highest BCUT2D eigenvalue weighted by Gasteiger charge is 2.53. The van der Waals surface area contributed by atoms with Gasteiger partial charge in [0.1, 0.15) is 5.76 Å². The van der Waals surface area contributed by atoms with Gasteiger partial charge in [0, 0.05) is 18.7 Å². The van der Waals surface area contributed by atoms with Crippen LogP contribution in [0.2, 0.25) is 5.02 Å². The summed E-state index contributed by atoms with van der Waals surface area (Å²) in [7, 11) is 0. The molecule has 2 N–H and O–H groups in total. The molecule has 1 aliphatic heterocycles. The van der Waals surface area contributed by atoms with Crippen molar-refractivity contribution < 1.29 is 27.2 Å². The van der Waals surface area contributed by atoms with Gasteiger partial charge in [-0.3, -0.25) is 9.59 Å². The first-order valence-corrected chi connectivity index (χ1v) is 8.06. The highest BCUT2D eigenvalue weighted by molar-refractivity contribution is 6.33. The lowest BCUT2D eigenvalue weighted by Gasteiger charge is -2.18. The second kappa shape index (κ2) is 6.68. The Balaban J connectivity index is 1.82. The van der Waals surface area contributed by atoms with E-state index in [0.29, 0.717) is 16.3 Å². The topological polar surface area (TPSA) is 76.5 Å². The summed E-state index contributed by atoms with van der Waals surface area (Å²) in [5, 5.41) is 0.410. The highest BCUT2D eigenvalue weighted by Crippen LogP contribution is 2.38. The summed E-state index contributed by atoms with van der Waals surface area (Å²) in [5.41, 5.74) is 5.62. The van der Waals surface area contributed by atoms with Crippen molar-refractivity contribution in [2.24, 2.45) is 17.6 Å². The molecule has 0 saturated carbocycles. The highest BCUT2D eigenvalue weighted by atomic mass is 35.5. The molecule has 1 aromatic heterocycles. The Kier molecular flexibility index (Phi) is 4.70. The largest absolute Gasteiger partial charge is 0.451 e. The number of furan rings is 1. The molecule has 0 bridgehead atoms. The predicted octanol–water partition coefficient (Wildman–Crippen LogP) is 3.34. The number of nitrogens with two attached hydrogens (primary N) is 1. The van der Waals surface area contributed by atoms with E-state index in [0.717, 1.165) is 4.90 Å².